The highest BCUT2D eigenvalue weighted by Gasteiger charge is 2.15. The van der Waals surface area contributed by atoms with E-state index < -0.39 is 0 Å². The third kappa shape index (κ3) is 2.70. The average molecular weight is 280 g/mol. The summed E-state index contributed by atoms with van der Waals surface area (Å²) < 4.78 is 0. The maximum Gasteiger partial charge on any atom is 0.145 e. The number of nitrogens with one attached hydrogen (secondary N) is 1. The quantitative estimate of drug-likeness (QED) is 0.932. The first-order chi connectivity index (χ1) is 8.81. The van der Waals surface area contributed by atoms with Crippen molar-refractivity contribution in [1.29, 1.82) is 0 Å². The molecule has 0 saturated carbocycles. The predicted molar refractivity (Wildman–Crippen MR) is 78.5 cm³/mol. The largest absolute Gasteiger partial charge is 0.368 e. The van der Waals surface area contributed by atoms with Crippen molar-refractivity contribution in [3.63, 3.8) is 0 Å². The van der Waals surface area contributed by atoms with Crippen LogP contribution in [-0.2, 0) is 0 Å². The molecule has 0 amide bonds. The van der Waals surface area contributed by atoms with Crippen molar-refractivity contribution < 1.29 is 0 Å². The summed E-state index contributed by atoms with van der Waals surface area (Å²) >= 11 is 7.96. The van der Waals surface area contributed by atoms with Crippen molar-refractivity contribution in [3.05, 3.63) is 29.4 Å². The van der Waals surface area contributed by atoms with E-state index in [1.54, 1.807) is 6.20 Å². The topological polar surface area (TPSA) is 37.8 Å². The normalized spacial score (nSPS) is 19.3. The summed E-state index contributed by atoms with van der Waals surface area (Å²) in [6.45, 7) is 0.971. The summed E-state index contributed by atoms with van der Waals surface area (Å²) in [5, 5.41) is 4.78. The zero-order valence-electron chi connectivity index (χ0n) is 9.90. The van der Waals surface area contributed by atoms with Crippen LogP contribution in [0.4, 0.5) is 5.82 Å². The minimum Gasteiger partial charge on any atom is -0.368 e. The summed E-state index contributed by atoms with van der Waals surface area (Å²) in [6, 6.07) is 5.58. The summed E-state index contributed by atoms with van der Waals surface area (Å²) in [4.78, 5) is 8.91. The van der Waals surface area contributed by atoms with E-state index in [4.69, 9.17) is 11.6 Å². The lowest BCUT2D eigenvalue weighted by Crippen LogP contribution is -2.14. The molecule has 1 aliphatic rings. The van der Waals surface area contributed by atoms with Crippen LogP contribution in [0.1, 0.15) is 12.8 Å². The minimum atomic E-state index is 0.694. The molecule has 3 rings (SSSR count). The van der Waals surface area contributed by atoms with E-state index in [-0.39, 0.29) is 0 Å². The molecule has 1 N–H and O–H groups in total. The lowest BCUT2D eigenvalue weighted by molar-refractivity contribution is 0.803. The van der Waals surface area contributed by atoms with Crippen LogP contribution in [0.2, 0.25) is 5.02 Å². The second-order valence-electron chi connectivity index (χ2n) is 4.40. The summed E-state index contributed by atoms with van der Waals surface area (Å²) in [5.41, 5.74) is 1.71. The van der Waals surface area contributed by atoms with Gasteiger partial charge in [-0.15, -0.1) is 0 Å². The molecule has 0 aliphatic carbocycles. The molecule has 2 aromatic rings. The number of benzene rings is 1. The van der Waals surface area contributed by atoms with Gasteiger partial charge in [0.25, 0.3) is 0 Å². The lowest BCUT2D eigenvalue weighted by Gasteiger charge is -2.10. The van der Waals surface area contributed by atoms with Crippen LogP contribution in [0.5, 0.6) is 0 Å². The third-order valence-corrected chi connectivity index (χ3v) is 4.67. The minimum absolute atomic E-state index is 0.694. The fraction of sp³-hybridized carbons (Fsp3) is 0.385. The molecule has 94 valence electrons. The average Bonchev–Trinajstić information content (AvgIpc) is 2.89. The van der Waals surface area contributed by atoms with E-state index in [2.05, 4.69) is 15.3 Å². The van der Waals surface area contributed by atoms with Crippen molar-refractivity contribution in [2.24, 2.45) is 0 Å². The van der Waals surface area contributed by atoms with Gasteiger partial charge in [0.15, 0.2) is 0 Å². The Morgan fingerprint density at radius 1 is 1.39 bits per heavy atom. The van der Waals surface area contributed by atoms with Gasteiger partial charge in [-0.25, -0.2) is 4.98 Å². The van der Waals surface area contributed by atoms with Crippen LogP contribution in [-0.4, -0.2) is 27.5 Å². The molecule has 1 fully saturated rings. The van der Waals surface area contributed by atoms with Gasteiger partial charge in [0, 0.05) is 16.8 Å². The Bertz CT molecular complexity index is 555. The van der Waals surface area contributed by atoms with Gasteiger partial charge in [-0.1, -0.05) is 11.6 Å². The molecule has 0 radical (unpaired) electrons. The van der Waals surface area contributed by atoms with Crippen molar-refractivity contribution in [3.8, 4) is 0 Å². The van der Waals surface area contributed by atoms with Crippen LogP contribution in [0.25, 0.3) is 11.0 Å². The van der Waals surface area contributed by atoms with Crippen LogP contribution in [0, 0.1) is 0 Å². The lowest BCUT2D eigenvalue weighted by atomic mass is 10.2. The smallest absolute Gasteiger partial charge is 0.145 e. The summed E-state index contributed by atoms with van der Waals surface area (Å²) in [5.74, 6) is 2.13. The van der Waals surface area contributed by atoms with E-state index >= 15 is 0 Å². The van der Waals surface area contributed by atoms with Gasteiger partial charge in [0.1, 0.15) is 5.82 Å². The van der Waals surface area contributed by atoms with Crippen LogP contribution < -0.4 is 5.32 Å². The number of rotatable bonds is 3. The molecular formula is C13H14ClN3S. The number of hydrogen-bond acceptors (Lipinski definition) is 4. The molecular weight excluding hydrogens is 266 g/mol. The number of aromatic nitrogens is 2. The molecule has 0 spiro atoms. The van der Waals surface area contributed by atoms with E-state index in [1.165, 1.54) is 18.6 Å². The van der Waals surface area contributed by atoms with E-state index in [0.717, 1.165) is 23.4 Å². The van der Waals surface area contributed by atoms with Gasteiger partial charge in [-0.3, -0.25) is 4.98 Å². The van der Waals surface area contributed by atoms with E-state index in [1.807, 2.05) is 30.0 Å². The van der Waals surface area contributed by atoms with Gasteiger partial charge >= 0.3 is 0 Å². The van der Waals surface area contributed by atoms with Crippen molar-refractivity contribution in [1.82, 2.24) is 9.97 Å². The first-order valence-corrected chi connectivity index (χ1v) is 7.52. The highest BCUT2D eigenvalue weighted by atomic mass is 35.5. The monoisotopic (exact) mass is 279 g/mol. The SMILES string of the molecule is Clc1ccc2nc(NCC3CCCS3)cnc2c1. The zero-order valence-corrected chi connectivity index (χ0v) is 11.5. The Hall–Kier alpha value is -1.00. The fourth-order valence-electron chi connectivity index (χ4n) is 2.09. The standard InChI is InChI=1S/C13H14ClN3S/c14-9-3-4-11-12(6-9)15-8-13(17-11)16-7-10-2-1-5-18-10/h3-4,6,8,10H,1-2,5,7H2,(H,16,17). The molecule has 18 heavy (non-hydrogen) atoms. The molecule has 1 saturated heterocycles. The molecule has 2 heterocycles. The first kappa shape index (κ1) is 12.1. The van der Waals surface area contributed by atoms with Crippen molar-refractivity contribution in [2.45, 2.75) is 18.1 Å². The molecule has 1 unspecified atom stereocenters. The fourth-order valence-corrected chi connectivity index (χ4v) is 3.46. The number of halogens is 1. The van der Waals surface area contributed by atoms with Gasteiger partial charge < -0.3 is 5.32 Å². The second-order valence-corrected chi connectivity index (χ2v) is 6.25. The Morgan fingerprint density at radius 2 is 2.33 bits per heavy atom. The molecule has 0 bridgehead atoms. The van der Waals surface area contributed by atoms with Crippen LogP contribution in [0.3, 0.4) is 0 Å². The van der Waals surface area contributed by atoms with Gasteiger partial charge in [0.2, 0.25) is 0 Å². The summed E-state index contributed by atoms with van der Waals surface area (Å²) in [6.07, 6.45) is 4.41. The summed E-state index contributed by atoms with van der Waals surface area (Å²) in [7, 11) is 0. The van der Waals surface area contributed by atoms with Crippen LogP contribution in [0.15, 0.2) is 24.4 Å². The maximum atomic E-state index is 5.92. The molecule has 3 nitrogen and oxygen atoms in total. The molecule has 5 heteroatoms. The number of anilines is 1. The Morgan fingerprint density at radius 3 is 3.17 bits per heavy atom. The number of thioether (sulfide) groups is 1. The number of nitrogens with zero attached hydrogens (tertiary/aromatic N) is 2. The highest BCUT2D eigenvalue weighted by Crippen LogP contribution is 2.26. The second kappa shape index (κ2) is 5.33. The Labute approximate surface area is 115 Å². The predicted octanol–water partition coefficient (Wildman–Crippen LogP) is 3.59. The van der Waals surface area contributed by atoms with Gasteiger partial charge in [-0.05, 0) is 36.8 Å². The number of fused-ring (bicyclic) bond motifs is 1. The van der Waals surface area contributed by atoms with Crippen molar-refractivity contribution >= 4 is 40.2 Å². The zero-order chi connectivity index (χ0) is 12.4. The van der Waals surface area contributed by atoms with E-state index in [9.17, 15) is 0 Å². The molecule has 1 atom stereocenters. The van der Waals surface area contributed by atoms with E-state index in [0.29, 0.717) is 10.3 Å². The third-order valence-electron chi connectivity index (χ3n) is 3.04. The molecule has 1 aliphatic heterocycles. The highest BCUT2D eigenvalue weighted by molar-refractivity contribution is 8.00. The van der Waals surface area contributed by atoms with Crippen LogP contribution >= 0.6 is 23.4 Å². The maximum absolute atomic E-state index is 5.92. The van der Waals surface area contributed by atoms with Gasteiger partial charge in [0.05, 0.1) is 17.2 Å². The molecule has 1 aromatic heterocycles. The Balaban J connectivity index is 1.74. The first-order valence-electron chi connectivity index (χ1n) is 6.09. The molecule has 1 aromatic carbocycles. The Kier molecular flexibility index (Phi) is 3.57. The number of hydrogen-bond donors (Lipinski definition) is 1. The van der Waals surface area contributed by atoms with Gasteiger partial charge in [-0.2, -0.15) is 11.8 Å². The van der Waals surface area contributed by atoms with Crippen molar-refractivity contribution in [2.75, 3.05) is 17.6 Å².